The van der Waals surface area contributed by atoms with Crippen molar-refractivity contribution in [1.82, 2.24) is 24.7 Å². The summed E-state index contributed by atoms with van der Waals surface area (Å²) in [5.74, 6) is 0. The van der Waals surface area contributed by atoms with E-state index in [1.807, 2.05) is 23.1 Å². The molecule has 1 aliphatic rings. The molecule has 0 spiro atoms. The second kappa shape index (κ2) is 7.73. The summed E-state index contributed by atoms with van der Waals surface area (Å²) in [5, 5.41) is 8.83. The summed E-state index contributed by atoms with van der Waals surface area (Å²) in [6, 6.07) is 16.9. The summed E-state index contributed by atoms with van der Waals surface area (Å²) in [7, 11) is 0. The second-order valence-electron chi connectivity index (χ2n) is 7.54. The number of hydrogen-bond donors (Lipinski definition) is 0. The van der Waals surface area contributed by atoms with Crippen molar-refractivity contribution in [3.63, 3.8) is 0 Å². The van der Waals surface area contributed by atoms with Gasteiger partial charge in [0.15, 0.2) is 0 Å². The maximum Gasteiger partial charge on any atom is 0.121 e. The SMILES string of the molecule is Cc1ccc(-c2ccc3c([C@@H]4CN(Cc5ccncc5)CCO4)nnn3c2)cc1. The number of hydrogen-bond acceptors (Lipinski definition) is 5. The van der Waals surface area contributed by atoms with Crippen LogP contribution in [-0.2, 0) is 11.3 Å². The largest absolute Gasteiger partial charge is 0.369 e. The van der Waals surface area contributed by atoms with Gasteiger partial charge in [0.25, 0.3) is 0 Å². The van der Waals surface area contributed by atoms with Crippen LogP contribution in [0.5, 0.6) is 0 Å². The number of pyridine rings is 2. The molecule has 5 rings (SSSR count). The Balaban J connectivity index is 1.38. The Kier molecular flexibility index (Phi) is 4.79. The van der Waals surface area contributed by atoms with E-state index in [1.54, 1.807) is 0 Å². The van der Waals surface area contributed by atoms with Crippen molar-refractivity contribution >= 4 is 5.52 Å². The van der Waals surface area contributed by atoms with Crippen molar-refractivity contribution in [2.75, 3.05) is 19.7 Å². The van der Waals surface area contributed by atoms with Crippen LogP contribution >= 0.6 is 0 Å². The van der Waals surface area contributed by atoms with Crippen molar-refractivity contribution in [1.29, 1.82) is 0 Å². The number of nitrogens with zero attached hydrogens (tertiary/aromatic N) is 5. The standard InChI is InChI=1S/C23H23N5O/c1-17-2-4-19(5-3-17)20-6-7-21-23(25-26-28(21)15-20)22-16-27(12-13-29-22)14-18-8-10-24-11-9-18/h2-11,15,22H,12-14,16H2,1H3/t22-/m0/s1. The van der Waals surface area contributed by atoms with Crippen LogP contribution < -0.4 is 0 Å². The number of benzene rings is 1. The molecule has 1 saturated heterocycles. The highest BCUT2D eigenvalue weighted by Gasteiger charge is 2.26. The highest BCUT2D eigenvalue weighted by atomic mass is 16.5. The van der Waals surface area contributed by atoms with Gasteiger partial charge >= 0.3 is 0 Å². The third kappa shape index (κ3) is 3.77. The van der Waals surface area contributed by atoms with Crippen LogP contribution in [0.4, 0.5) is 0 Å². The molecule has 0 unspecified atom stereocenters. The van der Waals surface area contributed by atoms with E-state index < -0.39 is 0 Å². The van der Waals surface area contributed by atoms with E-state index in [0.717, 1.165) is 36.4 Å². The molecule has 0 radical (unpaired) electrons. The van der Waals surface area contributed by atoms with Gasteiger partial charge in [0.05, 0.1) is 12.1 Å². The van der Waals surface area contributed by atoms with Crippen LogP contribution in [0.1, 0.15) is 22.9 Å². The summed E-state index contributed by atoms with van der Waals surface area (Å²) in [4.78, 5) is 6.50. The first kappa shape index (κ1) is 18.0. The van der Waals surface area contributed by atoms with E-state index in [1.165, 1.54) is 16.7 Å². The third-order valence-corrected chi connectivity index (χ3v) is 5.44. The molecule has 1 atom stereocenters. The van der Waals surface area contributed by atoms with Crippen molar-refractivity contribution < 1.29 is 4.74 Å². The maximum atomic E-state index is 6.06. The molecule has 0 bridgehead atoms. The van der Waals surface area contributed by atoms with Gasteiger partial charge < -0.3 is 4.74 Å². The van der Waals surface area contributed by atoms with Crippen molar-refractivity contribution in [3.8, 4) is 11.1 Å². The molecule has 3 aromatic heterocycles. The number of rotatable bonds is 4. The molecular formula is C23H23N5O. The molecule has 6 heteroatoms. The Morgan fingerprint density at radius 1 is 1.00 bits per heavy atom. The fourth-order valence-corrected chi connectivity index (χ4v) is 3.82. The summed E-state index contributed by atoms with van der Waals surface area (Å²) in [5.41, 5.74) is 6.71. The highest BCUT2D eigenvalue weighted by Crippen LogP contribution is 2.27. The monoisotopic (exact) mass is 385 g/mol. The minimum Gasteiger partial charge on any atom is -0.369 e. The lowest BCUT2D eigenvalue weighted by Crippen LogP contribution is -2.38. The van der Waals surface area contributed by atoms with Gasteiger partial charge in [-0.1, -0.05) is 41.1 Å². The quantitative estimate of drug-likeness (QED) is 0.536. The zero-order valence-corrected chi connectivity index (χ0v) is 16.4. The molecule has 1 aliphatic heterocycles. The third-order valence-electron chi connectivity index (χ3n) is 5.44. The summed E-state index contributed by atoms with van der Waals surface area (Å²) >= 11 is 0. The highest BCUT2D eigenvalue weighted by molar-refractivity contribution is 5.66. The van der Waals surface area contributed by atoms with Gasteiger partial charge in [0, 0.05) is 43.8 Å². The molecular weight excluding hydrogens is 362 g/mol. The molecule has 1 aromatic carbocycles. The summed E-state index contributed by atoms with van der Waals surface area (Å²) in [6.45, 7) is 5.39. The number of ether oxygens (including phenoxy) is 1. The average molecular weight is 385 g/mol. The van der Waals surface area contributed by atoms with Gasteiger partial charge in [0.1, 0.15) is 11.8 Å². The molecule has 4 aromatic rings. The number of aryl methyl sites for hydroxylation is 1. The van der Waals surface area contributed by atoms with Crippen LogP contribution in [0, 0.1) is 6.92 Å². The number of morpholine rings is 1. The Morgan fingerprint density at radius 2 is 1.79 bits per heavy atom. The molecule has 29 heavy (non-hydrogen) atoms. The molecule has 4 heterocycles. The molecule has 6 nitrogen and oxygen atoms in total. The first-order chi connectivity index (χ1) is 14.3. The lowest BCUT2D eigenvalue weighted by atomic mass is 10.1. The lowest BCUT2D eigenvalue weighted by molar-refractivity contribution is -0.0343. The predicted octanol–water partition coefficient (Wildman–Crippen LogP) is 3.67. The number of fused-ring (bicyclic) bond motifs is 1. The van der Waals surface area contributed by atoms with Crippen LogP contribution in [0.3, 0.4) is 0 Å². The molecule has 146 valence electrons. The van der Waals surface area contributed by atoms with Gasteiger partial charge in [-0.25, -0.2) is 4.52 Å². The Hall–Kier alpha value is -3.09. The molecule has 0 aliphatic carbocycles. The smallest absolute Gasteiger partial charge is 0.121 e. The Morgan fingerprint density at radius 3 is 2.62 bits per heavy atom. The normalized spacial score (nSPS) is 17.6. The fraction of sp³-hybridized carbons (Fsp3) is 0.261. The van der Waals surface area contributed by atoms with Gasteiger partial charge in [-0.2, -0.15) is 0 Å². The summed E-state index contributed by atoms with van der Waals surface area (Å²) < 4.78 is 7.91. The number of aromatic nitrogens is 4. The van der Waals surface area contributed by atoms with Gasteiger partial charge in [-0.3, -0.25) is 9.88 Å². The predicted molar refractivity (Wildman–Crippen MR) is 111 cm³/mol. The minimum atomic E-state index is -0.0756. The maximum absolute atomic E-state index is 6.06. The van der Waals surface area contributed by atoms with Gasteiger partial charge in [0.2, 0.25) is 0 Å². The van der Waals surface area contributed by atoms with E-state index in [4.69, 9.17) is 4.74 Å². The van der Waals surface area contributed by atoms with E-state index in [0.29, 0.717) is 6.61 Å². The van der Waals surface area contributed by atoms with E-state index in [-0.39, 0.29) is 6.10 Å². The lowest BCUT2D eigenvalue weighted by Gasteiger charge is -2.32. The molecule has 1 fully saturated rings. The molecule has 0 saturated carbocycles. The first-order valence-corrected chi connectivity index (χ1v) is 9.91. The van der Waals surface area contributed by atoms with Gasteiger partial charge in [-0.15, -0.1) is 5.10 Å². The van der Waals surface area contributed by atoms with Crippen LogP contribution in [0.15, 0.2) is 67.1 Å². The van der Waals surface area contributed by atoms with Crippen molar-refractivity contribution in [3.05, 3.63) is 83.9 Å². The Bertz CT molecular complexity index is 1110. The second-order valence-corrected chi connectivity index (χ2v) is 7.54. The minimum absolute atomic E-state index is 0.0756. The zero-order valence-electron chi connectivity index (χ0n) is 16.4. The van der Waals surface area contributed by atoms with Crippen molar-refractivity contribution in [2.24, 2.45) is 0 Å². The first-order valence-electron chi connectivity index (χ1n) is 9.91. The van der Waals surface area contributed by atoms with E-state index in [9.17, 15) is 0 Å². The fourth-order valence-electron chi connectivity index (χ4n) is 3.82. The molecule has 0 amide bonds. The van der Waals surface area contributed by atoms with Crippen LogP contribution in [0.2, 0.25) is 0 Å². The van der Waals surface area contributed by atoms with Gasteiger partial charge in [-0.05, 0) is 36.2 Å². The van der Waals surface area contributed by atoms with Crippen LogP contribution in [-0.4, -0.2) is 44.4 Å². The van der Waals surface area contributed by atoms with Crippen LogP contribution in [0.25, 0.3) is 16.6 Å². The molecule has 0 N–H and O–H groups in total. The Labute approximate surface area is 169 Å². The topological polar surface area (TPSA) is 55.5 Å². The summed E-state index contributed by atoms with van der Waals surface area (Å²) in [6.07, 6.45) is 5.64. The zero-order chi connectivity index (χ0) is 19.6. The average Bonchev–Trinajstić information content (AvgIpc) is 3.18. The van der Waals surface area contributed by atoms with E-state index >= 15 is 0 Å². The van der Waals surface area contributed by atoms with Crippen molar-refractivity contribution in [2.45, 2.75) is 19.6 Å². The van der Waals surface area contributed by atoms with E-state index in [2.05, 4.69) is 75.7 Å².